The van der Waals surface area contributed by atoms with Crippen molar-refractivity contribution < 1.29 is 14.7 Å². The number of aromatic nitrogens is 1. The standard InChI is InChI=1S/C13H18N2O3/c1-9(2)3-4-12(16)15-8-11-7-10(13(17)18)5-6-14-11/h5-7,9H,3-4,8H2,1-2H3,(H,15,16)(H,17,18). The van der Waals surface area contributed by atoms with Gasteiger partial charge >= 0.3 is 5.97 Å². The van der Waals surface area contributed by atoms with E-state index in [0.29, 0.717) is 18.0 Å². The quantitative estimate of drug-likeness (QED) is 0.807. The Morgan fingerprint density at radius 3 is 2.78 bits per heavy atom. The van der Waals surface area contributed by atoms with Crippen LogP contribution in [0, 0.1) is 5.92 Å². The Hall–Kier alpha value is -1.91. The third-order valence-corrected chi connectivity index (χ3v) is 2.48. The van der Waals surface area contributed by atoms with Gasteiger partial charge in [0.25, 0.3) is 0 Å². The zero-order valence-corrected chi connectivity index (χ0v) is 10.6. The van der Waals surface area contributed by atoms with Crippen LogP contribution in [0.1, 0.15) is 42.7 Å². The first-order valence-electron chi connectivity index (χ1n) is 5.94. The zero-order chi connectivity index (χ0) is 13.5. The van der Waals surface area contributed by atoms with Gasteiger partial charge in [0.05, 0.1) is 17.8 Å². The molecule has 0 saturated carbocycles. The van der Waals surface area contributed by atoms with Crippen molar-refractivity contribution >= 4 is 11.9 Å². The molecule has 0 aromatic carbocycles. The fourth-order valence-corrected chi connectivity index (χ4v) is 1.41. The van der Waals surface area contributed by atoms with Gasteiger partial charge in [0.2, 0.25) is 5.91 Å². The van der Waals surface area contributed by atoms with E-state index in [1.54, 1.807) is 0 Å². The summed E-state index contributed by atoms with van der Waals surface area (Å²) in [5, 5.41) is 11.5. The summed E-state index contributed by atoms with van der Waals surface area (Å²) in [5.41, 5.74) is 0.726. The molecule has 5 heteroatoms. The number of carbonyl (C=O) groups is 2. The molecule has 0 unspecified atom stereocenters. The van der Waals surface area contributed by atoms with Crippen LogP contribution < -0.4 is 5.32 Å². The Kier molecular flexibility index (Phi) is 5.30. The van der Waals surface area contributed by atoms with Crippen LogP contribution in [-0.2, 0) is 11.3 Å². The second-order valence-corrected chi connectivity index (χ2v) is 4.55. The number of carboxylic acid groups (broad SMARTS) is 1. The molecule has 98 valence electrons. The molecule has 1 aromatic heterocycles. The van der Waals surface area contributed by atoms with Gasteiger partial charge in [0.1, 0.15) is 0 Å². The van der Waals surface area contributed by atoms with Gasteiger partial charge in [-0.05, 0) is 24.5 Å². The van der Waals surface area contributed by atoms with Crippen LogP contribution in [0.5, 0.6) is 0 Å². The maximum atomic E-state index is 11.5. The summed E-state index contributed by atoms with van der Waals surface area (Å²) in [4.78, 5) is 26.2. The highest BCUT2D eigenvalue weighted by Gasteiger charge is 2.06. The molecule has 1 heterocycles. The molecule has 0 aliphatic carbocycles. The molecule has 5 nitrogen and oxygen atoms in total. The second kappa shape index (κ2) is 6.74. The minimum absolute atomic E-state index is 0.0359. The Morgan fingerprint density at radius 2 is 2.17 bits per heavy atom. The number of aromatic carboxylic acids is 1. The van der Waals surface area contributed by atoms with Crippen LogP contribution in [0.3, 0.4) is 0 Å². The number of hydrogen-bond donors (Lipinski definition) is 2. The SMILES string of the molecule is CC(C)CCC(=O)NCc1cc(C(=O)O)ccn1. The molecule has 1 aromatic rings. The van der Waals surface area contributed by atoms with E-state index in [1.165, 1.54) is 18.3 Å². The Morgan fingerprint density at radius 1 is 1.44 bits per heavy atom. The lowest BCUT2D eigenvalue weighted by molar-refractivity contribution is -0.121. The highest BCUT2D eigenvalue weighted by atomic mass is 16.4. The van der Waals surface area contributed by atoms with Crippen molar-refractivity contribution in [1.29, 1.82) is 0 Å². The maximum Gasteiger partial charge on any atom is 0.335 e. The highest BCUT2D eigenvalue weighted by molar-refractivity contribution is 5.87. The van der Waals surface area contributed by atoms with Crippen LogP contribution in [0.2, 0.25) is 0 Å². The first-order valence-corrected chi connectivity index (χ1v) is 5.94. The number of nitrogens with zero attached hydrogens (tertiary/aromatic N) is 1. The molecule has 0 spiro atoms. The molecule has 0 aliphatic rings. The van der Waals surface area contributed by atoms with Gasteiger partial charge in [-0.15, -0.1) is 0 Å². The predicted molar refractivity (Wildman–Crippen MR) is 67.1 cm³/mol. The van der Waals surface area contributed by atoms with Crippen molar-refractivity contribution in [3.05, 3.63) is 29.6 Å². The molecule has 0 fully saturated rings. The number of rotatable bonds is 6. The van der Waals surface area contributed by atoms with Gasteiger partial charge in [0, 0.05) is 12.6 Å². The van der Waals surface area contributed by atoms with Crippen molar-refractivity contribution in [3.63, 3.8) is 0 Å². The monoisotopic (exact) mass is 250 g/mol. The molecule has 0 saturated heterocycles. The summed E-state index contributed by atoms with van der Waals surface area (Å²) in [6.45, 7) is 4.38. The lowest BCUT2D eigenvalue weighted by Crippen LogP contribution is -2.23. The molecule has 2 N–H and O–H groups in total. The zero-order valence-electron chi connectivity index (χ0n) is 10.6. The van der Waals surface area contributed by atoms with Gasteiger partial charge in [-0.1, -0.05) is 13.8 Å². The number of nitrogens with one attached hydrogen (secondary N) is 1. The van der Waals surface area contributed by atoms with E-state index in [4.69, 9.17) is 5.11 Å². The summed E-state index contributed by atoms with van der Waals surface area (Å²) in [5.74, 6) is -0.541. The number of carboxylic acids is 1. The van der Waals surface area contributed by atoms with Crippen molar-refractivity contribution in [2.45, 2.75) is 33.2 Å². The topological polar surface area (TPSA) is 79.3 Å². The van der Waals surface area contributed by atoms with Gasteiger partial charge < -0.3 is 10.4 Å². The number of pyridine rings is 1. The molecule has 1 rings (SSSR count). The predicted octanol–water partition coefficient (Wildman–Crippen LogP) is 1.83. The lowest BCUT2D eigenvalue weighted by atomic mass is 10.1. The molecular formula is C13H18N2O3. The van der Waals surface area contributed by atoms with Gasteiger partial charge in [0.15, 0.2) is 0 Å². The average Bonchev–Trinajstić information content (AvgIpc) is 2.34. The molecule has 1 amide bonds. The van der Waals surface area contributed by atoms with Gasteiger partial charge in [-0.25, -0.2) is 4.79 Å². The fourth-order valence-electron chi connectivity index (χ4n) is 1.41. The maximum absolute atomic E-state index is 11.5. The van der Waals surface area contributed by atoms with E-state index in [-0.39, 0.29) is 18.0 Å². The van der Waals surface area contributed by atoms with Gasteiger partial charge in [-0.3, -0.25) is 9.78 Å². The Bertz CT molecular complexity index is 430. The van der Waals surface area contributed by atoms with Crippen LogP contribution in [-0.4, -0.2) is 22.0 Å². The van der Waals surface area contributed by atoms with E-state index in [0.717, 1.165) is 6.42 Å². The molecular weight excluding hydrogens is 232 g/mol. The van der Waals surface area contributed by atoms with Crippen molar-refractivity contribution in [2.24, 2.45) is 5.92 Å². The van der Waals surface area contributed by atoms with Crippen LogP contribution in [0.25, 0.3) is 0 Å². The normalized spacial score (nSPS) is 10.4. The van der Waals surface area contributed by atoms with Gasteiger partial charge in [-0.2, -0.15) is 0 Å². The summed E-state index contributed by atoms with van der Waals surface area (Å²) in [6.07, 6.45) is 2.75. The van der Waals surface area contributed by atoms with E-state index >= 15 is 0 Å². The Balaban J connectivity index is 2.46. The number of carbonyl (C=O) groups excluding carboxylic acids is 1. The minimum atomic E-state index is -0.996. The summed E-state index contributed by atoms with van der Waals surface area (Å²) < 4.78 is 0. The molecule has 0 atom stereocenters. The molecule has 0 bridgehead atoms. The number of amides is 1. The first-order chi connectivity index (χ1) is 8.49. The second-order valence-electron chi connectivity index (χ2n) is 4.55. The van der Waals surface area contributed by atoms with Crippen molar-refractivity contribution in [3.8, 4) is 0 Å². The van der Waals surface area contributed by atoms with E-state index in [9.17, 15) is 9.59 Å². The summed E-state index contributed by atoms with van der Waals surface area (Å²) >= 11 is 0. The third-order valence-electron chi connectivity index (χ3n) is 2.48. The van der Waals surface area contributed by atoms with Crippen LogP contribution in [0.15, 0.2) is 18.3 Å². The van der Waals surface area contributed by atoms with Crippen molar-refractivity contribution in [2.75, 3.05) is 0 Å². The molecule has 0 aliphatic heterocycles. The van der Waals surface area contributed by atoms with Crippen molar-refractivity contribution in [1.82, 2.24) is 10.3 Å². The van der Waals surface area contributed by atoms with Crippen LogP contribution in [0.4, 0.5) is 0 Å². The van der Waals surface area contributed by atoms with Crippen LogP contribution >= 0.6 is 0 Å². The summed E-state index contributed by atoms with van der Waals surface area (Å²) in [7, 11) is 0. The highest BCUT2D eigenvalue weighted by Crippen LogP contribution is 2.04. The minimum Gasteiger partial charge on any atom is -0.478 e. The fraction of sp³-hybridized carbons (Fsp3) is 0.462. The van der Waals surface area contributed by atoms with E-state index < -0.39 is 5.97 Å². The average molecular weight is 250 g/mol. The molecule has 0 radical (unpaired) electrons. The Labute approximate surface area is 106 Å². The smallest absolute Gasteiger partial charge is 0.335 e. The summed E-state index contributed by atoms with van der Waals surface area (Å²) in [6, 6.07) is 2.89. The largest absolute Gasteiger partial charge is 0.478 e. The first kappa shape index (κ1) is 14.2. The number of hydrogen-bond acceptors (Lipinski definition) is 3. The third kappa shape index (κ3) is 4.95. The molecule has 18 heavy (non-hydrogen) atoms. The lowest BCUT2D eigenvalue weighted by Gasteiger charge is -2.06. The van der Waals surface area contributed by atoms with E-state index in [1.807, 2.05) is 0 Å². The van der Waals surface area contributed by atoms with E-state index in [2.05, 4.69) is 24.1 Å².